The first-order valence-electron chi connectivity index (χ1n) is 21.8. The molecular weight excluding hydrogens is 741 g/mol. The molecule has 2 N–H and O–H groups in total. The van der Waals surface area contributed by atoms with Crippen molar-refractivity contribution >= 4 is 29.5 Å². The molecule has 0 atom stereocenters. The van der Waals surface area contributed by atoms with Gasteiger partial charge in [0.1, 0.15) is 0 Å². The summed E-state index contributed by atoms with van der Waals surface area (Å²) in [4.78, 5) is 64.7. The molecular formula is C48H100N6O5. The van der Waals surface area contributed by atoms with Crippen molar-refractivity contribution in [1.82, 2.24) is 30.2 Å². The molecule has 11 nitrogen and oxygen atoms in total. The lowest BCUT2D eigenvalue weighted by Gasteiger charge is -2.36. The second-order valence-electron chi connectivity index (χ2n) is 23.8. The van der Waals surface area contributed by atoms with Crippen molar-refractivity contribution in [2.45, 2.75) is 165 Å². The molecule has 5 amide bonds. The number of nitrogens with one attached hydrogen (secondary N) is 2. The zero-order valence-corrected chi connectivity index (χ0v) is 44.1. The second-order valence-corrected chi connectivity index (χ2v) is 23.8. The van der Waals surface area contributed by atoms with E-state index in [1.807, 2.05) is 107 Å². The molecule has 0 bridgehead atoms. The number of rotatable bonds is 1. The van der Waals surface area contributed by atoms with Crippen LogP contribution in [0.5, 0.6) is 0 Å². The van der Waals surface area contributed by atoms with Crippen molar-refractivity contribution in [2.75, 3.05) is 74.5 Å². The van der Waals surface area contributed by atoms with E-state index >= 15 is 0 Å². The molecule has 0 aliphatic carbocycles. The summed E-state index contributed by atoms with van der Waals surface area (Å²) < 4.78 is 0. The highest BCUT2D eigenvalue weighted by Gasteiger charge is 2.39. The lowest BCUT2D eigenvalue weighted by atomic mass is 9.69. The van der Waals surface area contributed by atoms with Gasteiger partial charge in [-0.25, -0.2) is 0 Å². The zero-order valence-electron chi connectivity index (χ0n) is 44.1. The summed E-state index contributed by atoms with van der Waals surface area (Å²) in [5.74, 6) is 1.73. The molecule has 0 aromatic carbocycles. The maximum absolute atomic E-state index is 11.9. The van der Waals surface area contributed by atoms with E-state index < -0.39 is 0 Å². The molecule has 352 valence electrons. The van der Waals surface area contributed by atoms with E-state index in [1.165, 1.54) is 12.8 Å². The van der Waals surface area contributed by atoms with Crippen LogP contribution in [0.25, 0.3) is 0 Å². The Morgan fingerprint density at radius 3 is 0.966 bits per heavy atom. The maximum atomic E-state index is 11.9. The van der Waals surface area contributed by atoms with Gasteiger partial charge in [-0.1, -0.05) is 152 Å². The minimum absolute atomic E-state index is 0.00704. The Balaban J connectivity index is -0.000000315. The predicted octanol–water partition coefficient (Wildman–Crippen LogP) is 8.85. The smallest absolute Gasteiger partial charge is 0.228 e. The highest BCUT2D eigenvalue weighted by molar-refractivity contribution is 5.83. The third-order valence-electron chi connectivity index (χ3n) is 9.77. The fourth-order valence-corrected chi connectivity index (χ4v) is 4.87. The Hall–Kier alpha value is -2.69. The van der Waals surface area contributed by atoms with Gasteiger partial charge in [0.15, 0.2) is 0 Å². The molecule has 0 radical (unpaired) electrons. The van der Waals surface area contributed by atoms with Crippen LogP contribution in [0.3, 0.4) is 0 Å². The number of carbonyl (C=O) groups excluding carboxylic acids is 5. The number of nitrogens with zero attached hydrogens (tertiary/aromatic N) is 4. The third-order valence-corrected chi connectivity index (χ3v) is 9.77. The highest BCUT2D eigenvalue weighted by Crippen LogP contribution is 2.37. The van der Waals surface area contributed by atoms with Crippen LogP contribution in [0, 0.1) is 43.8 Å². The molecule has 2 heterocycles. The first kappa shape index (κ1) is 63.0. The van der Waals surface area contributed by atoms with E-state index in [-0.39, 0.29) is 56.1 Å². The van der Waals surface area contributed by atoms with Gasteiger partial charge in [-0.15, -0.1) is 0 Å². The second kappa shape index (κ2) is 25.9. The zero-order chi connectivity index (χ0) is 48.3. The van der Waals surface area contributed by atoms with Crippen LogP contribution < -0.4 is 10.6 Å². The van der Waals surface area contributed by atoms with Crippen LogP contribution in [0.15, 0.2) is 0 Å². The molecule has 2 saturated heterocycles. The van der Waals surface area contributed by atoms with Gasteiger partial charge in [-0.3, -0.25) is 24.0 Å². The molecule has 2 fully saturated rings. The predicted molar refractivity (Wildman–Crippen MR) is 252 cm³/mol. The van der Waals surface area contributed by atoms with Crippen LogP contribution >= 0.6 is 0 Å². The fourth-order valence-electron chi connectivity index (χ4n) is 4.87. The molecule has 0 aromatic rings. The van der Waals surface area contributed by atoms with E-state index in [1.54, 1.807) is 33.1 Å². The third kappa shape index (κ3) is 30.1. The van der Waals surface area contributed by atoms with Crippen molar-refractivity contribution < 1.29 is 24.0 Å². The molecule has 59 heavy (non-hydrogen) atoms. The minimum atomic E-state index is -0.304. The van der Waals surface area contributed by atoms with Gasteiger partial charge in [-0.2, -0.15) is 0 Å². The first-order chi connectivity index (χ1) is 25.9. The number of likely N-dealkylation sites (tertiary alicyclic amines) is 1. The van der Waals surface area contributed by atoms with Gasteiger partial charge in [0, 0.05) is 94.5 Å². The van der Waals surface area contributed by atoms with Crippen LogP contribution in [0.2, 0.25) is 0 Å². The molecule has 0 aromatic heterocycles. The van der Waals surface area contributed by atoms with Gasteiger partial charge < -0.3 is 30.2 Å². The molecule has 2 aliphatic heterocycles. The quantitative estimate of drug-likeness (QED) is 0.272. The normalized spacial score (nSPS) is 15.6. The molecule has 0 saturated carbocycles. The van der Waals surface area contributed by atoms with Crippen LogP contribution in [-0.2, 0) is 24.0 Å². The number of likely N-dealkylation sites (N-methyl/N-ethyl adjacent to an activating group) is 1. The average molecular weight is 841 g/mol. The van der Waals surface area contributed by atoms with Crippen molar-refractivity contribution in [3.05, 3.63) is 0 Å². The number of piperidine rings is 1. The van der Waals surface area contributed by atoms with Gasteiger partial charge in [0.05, 0.1) is 0 Å². The summed E-state index contributed by atoms with van der Waals surface area (Å²) in [7, 11) is 8.96. The number of piperazine rings is 1. The van der Waals surface area contributed by atoms with Crippen LogP contribution in [0.1, 0.15) is 165 Å². The molecule has 2 aliphatic rings. The summed E-state index contributed by atoms with van der Waals surface area (Å²) in [6, 6.07) is 0. The fraction of sp³-hybridized carbons (Fsp3) is 0.896. The Bertz CT molecular complexity index is 1180. The van der Waals surface area contributed by atoms with E-state index in [9.17, 15) is 24.0 Å². The summed E-state index contributed by atoms with van der Waals surface area (Å²) >= 11 is 0. The van der Waals surface area contributed by atoms with Crippen molar-refractivity contribution in [3.63, 3.8) is 0 Å². The van der Waals surface area contributed by atoms with E-state index in [4.69, 9.17) is 0 Å². The van der Waals surface area contributed by atoms with Gasteiger partial charge in [-0.05, 0) is 36.6 Å². The largest absolute Gasteiger partial charge is 0.359 e. The Morgan fingerprint density at radius 2 is 0.797 bits per heavy atom. The SMILES string of the molecule is CC(C)(C)C.CC1CCN(C(=O)C(C)(C)C)CC1.CN(C)C(=O)C(C)(C)C.CN1CCN(C(=O)C(C)(C)C)CC1.CNC(=O)C(C)(C)C.CNC(=O)C(C)(C)C(C)(C)C. The Labute approximate surface area is 366 Å². The van der Waals surface area contributed by atoms with Crippen LogP contribution in [-0.4, -0.2) is 124 Å². The standard InChI is InChI=1S/C11H21NO.C10H20N2O.C9H19NO.C7H15NO.C6H13NO.C5H12/c1-9-5-7-12(8-6-9)10(13)11(2,3)4;1-10(2,3)9(13)12-7-5-11(4)6-8-12;1-8(2,3)9(4,5)7(11)10-6;1-7(2,3)6(9)8(4)5;1-6(2,3)5(8)7-4;1-5(2,3)4/h9H,5-8H2,1-4H3;5-8H2,1-4H3;1-6H3,(H,10,11);1-5H3;1-4H3,(H,7,8);1-4H3. The summed E-state index contributed by atoms with van der Waals surface area (Å²) in [6.07, 6.45) is 2.34. The minimum Gasteiger partial charge on any atom is -0.359 e. The first-order valence-corrected chi connectivity index (χ1v) is 21.8. The van der Waals surface area contributed by atoms with Gasteiger partial charge >= 0.3 is 0 Å². The number of hydrogen-bond acceptors (Lipinski definition) is 6. The maximum Gasteiger partial charge on any atom is 0.228 e. The van der Waals surface area contributed by atoms with Crippen molar-refractivity contribution in [3.8, 4) is 0 Å². The van der Waals surface area contributed by atoms with E-state index in [2.05, 4.69) is 78.0 Å². The van der Waals surface area contributed by atoms with Crippen molar-refractivity contribution in [2.24, 2.45) is 43.8 Å². The number of amides is 5. The monoisotopic (exact) mass is 841 g/mol. The van der Waals surface area contributed by atoms with E-state index in [0.717, 1.165) is 45.2 Å². The topological polar surface area (TPSA) is 122 Å². The van der Waals surface area contributed by atoms with Gasteiger partial charge in [0.2, 0.25) is 29.5 Å². The average Bonchev–Trinajstić information content (AvgIpc) is 3.05. The van der Waals surface area contributed by atoms with Gasteiger partial charge in [0.25, 0.3) is 0 Å². The summed E-state index contributed by atoms with van der Waals surface area (Å²) in [5, 5.41) is 5.24. The number of hydrogen-bond donors (Lipinski definition) is 2. The van der Waals surface area contributed by atoms with Crippen LogP contribution in [0.4, 0.5) is 0 Å². The molecule has 11 heteroatoms. The Morgan fingerprint density at radius 1 is 0.492 bits per heavy atom. The Kier molecular flexibility index (Phi) is 27.7. The lowest BCUT2D eigenvalue weighted by molar-refractivity contribution is -0.141. The lowest BCUT2D eigenvalue weighted by Crippen LogP contribution is -2.50. The summed E-state index contributed by atoms with van der Waals surface area (Å²) in [6.45, 7) is 50.1. The molecule has 0 unspecified atom stereocenters. The highest BCUT2D eigenvalue weighted by atomic mass is 16.2. The summed E-state index contributed by atoms with van der Waals surface area (Å²) in [5.41, 5.74) is -0.705. The van der Waals surface area contributed by atoms with Crippen molar-refractivity contribution in [1.29, 1.82) is 0 Å². The molecule has 0 spiro atoms. The molecule has 2 rings (SSSR count). The number of carbonyl (C=O) groups is 5. The van der Waals surface area contributed by atoms with E-state index in [0.29, 0.717) is 11.3 Å².